The zero-order valence-electron chi connectivity index (χ0n) is 8.78. The highest BCUT2D eigenvalue weighted by Crippen LogP contribution is 2.02. The van der Waals surface area contributed by atoms with Crippen molar-refractivity contribution in [3.05, 3.63) is 24.3 Å². The van der Waals surface area contributed by atoms with Crippen molar-refractivity contribution >= 4 is 11.8 Å². The molecule has 0 amide bonds. The molecule has 0 saturated carbocycles. The Kier molecular flexibility index (Phi) is 5.44. The van der Waals surface area contributed by atoms with E-state index in [-0.39, 0.29) is 11.8 Å². The van der Waals surface area contributed by atoms with Crippen LogP contribution in [0.5, 0.6) is 0 Å². The highest BCUT2D eigenvalue weighted by molar-refractivity contribution is 5.82. The van der Waals surface area contributed by atoms with Crippen molar-refractivity contribution in [1.29, 1.82) is 0 Å². The summed E-state index contributed by atoms with van der Waals surface area (Å²) in [5, 5.41) is 0. The third-order valence-corrected chi connectivity index (χ3v) is 2.13. The maximum Gasteiger partial charge on any atom is 0.330 e. The number of ketones is 1. The van der Waals surface area contributed by atoms with Gasteiger partial charge in [0.25, 0.3) is 0 Å². The summed E-state index contributed by atoms with van der Waals surface area (Å²) >= 11 is 0. The molecule has 15 heavy (non-hydrogen) atoms. The van der Waals surface area contributed by atoms with Crippen molar-refractivity contribution in [2.75, 3.05) is 6.61 Å². The quantitative estimate of drug-likeness (QED) is 0.452. The molecule has 3 nitrogen and oxygen atoms in total. The third kappa shape index (κ3) is 5.83. The first kappa shape index (κ1) is 11.7. The predicted octanol–water partition coefficient (Wildman–Crippen LogP) is 2.18. The van der Waals surface area contributed by atoms with Gasteiger partial charge in [-0.1, -0.05) is 18.2 Å². The van der Waals surface area contributed by atoms with Crippen LogP contribution >= 0.6 is 0 Å². The van der Waals surface area contributed by atoms with Crippen LogP contribution in [0.4, 0.5) is 0 Å². The summed E-state index contributed by atoms with van der Waals surface area (Å²) in [4.78, 5) is 22.3. The zero-order valence-corrected chi connectivity index (χ0v) is 8.78. The monoisotopic (exact) mass is 208 g/mol. The molecule has 0 spiro atoms. The van der Waals surface area contributed by atoms with Gasteiger partial charge in [0, 0.05) is 18.9 Å². The molecule has 82 valence electrons. The molecular weight excluding hydrogens is 192 g/mol. The molecule has 1 heterocycles. The number of esters is 1. The highest BCUT2D eigenvalue weighted by Gasteiger charge is 2.00. The molecule has 0 N–H and O–H groups in total. The lowest BCUT2D eigenvalue weighted by molar-refractivity contribution is -0.137. The minimum atomic E-state index is -0.324. The zero-order chi connectivity index (χ0) is 10.9. The van der Waals surface area contributed by atoms with Gasteiger partial charge in [-0.25, -0.2) is 4.79 Å². The second kappa shape index (κ2) is 6.98. The fourth-order valence-corrected chi connectivity index (χ4v) is 1.30. The molecule has 3 heteroatoms. The number of hydrogen-bond acceptors (Lipinski definition) is 3. The average Bonchev–Trinajstić information content (AvgIpc) is 2.23. The number of cyclic esters (lactones) is 1. The van der Waals surface area contributed by atoms with Crippen molar-refractivity contribution in [1.82, 2.24) is 0 Å². The van der Waals surface area contributed by atoms with Gasteiger partial charge in [-0.2, -0.15) is 0 Å². The fraction of sp³-hybridized carbons (Fsp3) is 0.500. The van der Waals surface area contributed by atoms with E-state index in [1.807, 2.05) is 12.2 Å². The van der Waals surface area contributed by atoms with Gasteiger partial charge in [-0.05, 0) is 19.3 Å². The molecule has 1 rings (SSSR count). The average molecular weight is 208 g/mol. The molecule has 0 fully saturated rings. The second-order valence-electron chi connectivity index (χ2n) is 3.45. The summed E-state index contributed by atoms with van der Waals surface area (Å²) in [5.74, 6) is -0.0768. The van der Waals surface area contributed by atoms with Gasteiger partial charge in [-0.3, -0.25) is 4.79 Å². The SMILES string of the molecule is O=C1CC/C=C\CCOC(=O)/C=C/CC1. The van der Waals surface area contributed by atoms with Gasteiger partial charge in [0.2, 0.25) is 0 Å². The number of carbonyl (C=O) groups excluding carboxylic acids is 2. The molecule has 0 aliphatic carbocycles. The molecule has 0 aromatic heterocycles. The summed E-state index contributed by atoms with van der Waals surface area (Å²) < 4.78 is 4.92. The standard InChI is InChI=1S/C12H16O3/c13-11-7-3-1-2-6-10-15-12(14)9-5-4-8-11/h1-2,5,9H,3-4,6-8,10H2/b2-1-,9-5+. The van der Waals surface area contributed by atoms with Crippen LogP contribution < -0.4 is 0 Å². The Morgan fingerprint density at radius 2 is 1.60 bits per heavy atom. The van der Waals surface area contributed by atoms with Crippen molar-refractivity contribution in [3.8, 4) is 0 Å². The van der Waals surface area contributed by atoms with E-state index in [0.717, 1.165) is 6.42 Å². The second-order valence-corrected chi connectivity index (χ2v) is 3.45. The summed E-state index contributed by atoms with van der Waals surface area (Å²) in [7, 11) is 0. The van der Waals surface area contributed by atoms with E-state index in [0.29, 0.717) is 32.3 Å². The van der Waals surface area contributed by atoms with Crippen LogP contribution in [0.1, 0.15) is 32.1 Å². The van der Waals surface area contributed by atoms with Crippen LogP contribution in [0.3, 0.4) is 0 Å². The van der Waals surface area contributed by atoms with Crippen LogP contribution in [0.25, 0.3) is 0 Å². The normalized spacial score (nSPS) is 24.3. The number of Topliss-reactive ketones (excluding diaryl/α,β-unsaturated/α-hetero) is 1. The largest absolute Gasteiger partial charge is 0.462 e. The smallest absolute Gasteiger partial charge is 0.330 e. The summed E-state index contributed by atoms with van der Waals surface area (Å²) in [6.45, 7) is 0.410. The molecule has 0 radical (unpaired) electrons. The summed E-state index contributed by atoms with van der Waals surface area (Å²) in [5.41, 5.74) is 0. The molecule has 0 bridgehead atoms. The predicted molar refractivity (Wildman–Crippen MR) is 57.3 cm³/mol. The van der Waals surface area contributed by atoms with E-state index in [2.05, 4.69) is 0 Å². The lowest BCUT2D eigenvalue weighted by Gasteiger charge is -1.97. The van der Waals surface area contributed by atoms with Crippen molar-refractivity contribution in [3.63, 3.8) is 0 Å². The van der Waals surface area contributed by atoms with Crippen LogP contribution in [-0.2, 0) is 14.3 Å². The van der Waals surface area contributed by atoms with E-state index in [4.69, 9.17) is 4.74 Å². The molecule has 0 aromatic rings. The summed E-state index contributed by atoms with van der Waals surface area (Å²) in [6.07, 6.45) is 10.2. The highest BCUT2D eigenvalue weighted by atomic mass is 16.5. The Balaban J connectivity index is 2.45. The Hall–Kier alpha value is -1.38. The molecule has 0 atom stereocenters. The van der Waals surface area contributed by atoms with E-state index < -0.39 is 0 Å². The van der Waals surface area contributed by atoms with Gasteiger partial charge in [0.05, 0.1) is 6.61 Å². The van der Waals surface area contributed by atoms with Crippen LogP contribution in [-0.4, -0.2) is 18.4 Å². The maximum absolute atomic E-state index is 11.3. The van der Waals surface area contributed by atoms with E-state index in [9.17, 15) is 9.59 Å². The molecular formula is C12H16O3. The minimum Gasteiger partial charge on any atom is -0.462 e. The van der Waals surface area contributed by atoms with Crippen molar-refractivity contribution < 1.29 is 14.3 Å². The van der Waals surface area contributed by atoms with Crippen molar-refractivity contribution in [2.45, 2.75) is 32.1 Å². The topological polar surface area (TPSA) is 43.4 Å². The first-order valence-corrected chi connectivity index (χ1v) is 5.29. The Morgan fingerprint density at radius 3 is 2.40 bits per heavy atom. The molecule has 0 saturated heterocycles. The molecule has 1 aliphatic rings. The molecule has 0 aromatic carbocycles. The number of hydrogen-bond donors (Lipinski definition) is 0. The molecule has 1 aliphatic heterocycles. The van der Waals surface area contributed by atoms with Crippen LogP contribution in [0.15, 0.2) is 24.3 Å². The Labute approximate surface area is 89.8 Å². The van der Waals surface area contributed by atoms with E-state index in [1.54, 1.807) is 6.08 Å². The minimum absolute atomic E-state index is 0.247. The first-order chi connectivity index (χ1) is 7.29. The van der Waals surface area contributed by atoms with Crippen LogP contribution in [0, 0.1) is 0 Å². The Bertz CT molecular complexity index is 277. The van der Waals surface area contributed by atoms with Gasteiger partial charge < -0.3 is 4.74 Å². The lowest BCUT2D eigenvalue weighted by Crippen LogP contribution is -2.01. The Morgan fingerprint density at radius 1 is 0.933 bits per heavy atom. The van der Waals surface area contributed by atoms with Gasteiger partial charge in [-0.15, -0.1) is 0 Å². The lowest BCUT2D eigenvalue weighted by atomic mass is 10.1. The van der Waals surface area contributed by atoms with E-state index >= 15 is 0 Å². The van der Waals surface area contributed by atoms with Crippen LogP contribution in [0.2, 0.25) is 0 Å². The third-order valence-electron chi connectivity index (χ3n) is 2.13. The van der Waals surface area contributed by atoms with Gasteiger partial charge in [0.1, 0.15) is 5.78 Å². The maximum atomic E-state index is 11.3. The van der Waals surface area contributed by atoms with Gasteiger partial charge in [0.15, 0.2) is 0 Å². The fourth-order valence-electron chi connectivity index (χ4n) is 1.30. The number of carbonyl (C=O) groups is 2. The number of rotatable bonds is 0. The first-order valence-electron chi connectivity index (χ1n) is 5.29. The summed E-state index contributed by atoms with van der Waals surface area (Å²) in [6, 6.07) is 0. The van der Waals surface area contributed by atoms with E-state index in [1.165, 1.54) is 6.08 Å². The number of ether oxygens (including phenoxy) is 1. The van der Waals surface area contributed by atoms with Crippen molar-refractivity contribution in [2.24, 2.45) is 0 Å². The number of allylic oxidation sites excluding steroid dienone is 2. The van der Waals surface area contributed by atoms with Gasteiger partial charge >= 0.3 is 5.97 Å². The molecule has 0 unspecified atom stereocenters.